The molecule has 2 N–H and O–H groups in total. The molecule has 0 saturated heterocycles. The summed E-state index contributed by atoms with van der Waals surface area (Å²) in [5, 5.41) is 16.5. The lowest BCUT2D eigenvalue weighted by Gasteiger charge is -2.09. The maximum atomic E-state index is 13.6. The van der Waals surface area contributed by atoms with E-state index in [1.807, 2.05) is 0 Å². The number of hydrogen-bond donors (Lipinski definition) is 2. The number of benzene rings is 1. The van der Waals surface area contributed by atoms with E-state index in [0.717, 1.165) is 0 Å². The van der Waals surface area contributed by atoms with E-state index in [4.69, 9.17) is 11.6 Å². The molecule has 1 aromatic heterocycles. The molecule has 0 unspecified atom stereocenters. The minimum absolute atomic E-state index is 0.0903. The molecule has 0 aliphatic carbocycles. The van der Waals surface area contributed by atoms with Gasteiger partial charge in [0.15, 0.2) is 0 Å². The smallest absolute Gasteiger partial charge is 0.276 e. The SMILES string of the molecule is CNc1cc([N+](=O)[O-])cc(Nc2cc(Cl)ccc2F)n1. The zero-order valence-electron chi connectivity index (χ0n) is 10.4. The van der Waals surface area contributed by atoms with Crippen molar-refractivity contribution in [2.75, 3.05) is 17.7 Å². The van der Waals surface area contributed by atoms with Gasteiger partial charge in [0.1, 0.15) is 17.5 Å². The van der Waals surface area contributed by atoms with E-state index in [2.05, 4.69) is 15.6 Å². The highest BCUT2D eigenvalue weighted by molar-refractivity contribution is 6.30. The third-order valence-corrected chi connectivity index (χ3v) is 2.70. The van der Waals surface area contributed by atoms with Crippen LogP contribution < -0.4 is 10.6 Å². The first-order chi connectivity index (χ1) is 9.49. The average Bonchev–Trinajstić information content (AvgIpc) is 2.42. The van der Waals surface area contributed by atoms with Crippen LogP contribution in [0.4, 0.5) is 27.4 Å². The second-order valence-electron chi connectivity index (χ2n) is 3.85. The van der Waals surface area contributed by atoms with Gasteiger partial charge in [0, 0.05) is 12.1 Å². The normalized spacial score (nSPS) is 10.2. The van der Waals surface area contributed by atoms with Crippen molar-refractivity contribution in [2.24, 2.45) is 0 Å². The van der Waals surface area contributed by atoms with Crippen molar-refractivity contribution in [3.63, 3.8) is 0 Å². The Hall–Kier alpha value is -2.41. The van der Waals surface area contributed by atoms with Crippen LogP contribution in [0, 0.1) is 15.9 Å². The van der Waals surface area contributed by atoms with Gasteiger partial charge in [-0.1, -0.05) is 11.6 Å². The van der Waals surface area contributed by atoms with E-state index >= 15 is 0 Å². The molecular formula is C12H10ClFN4O2. The maximum Gasteiger partial charge on any atom is 0.276 e. The molecule has 1 aromatic carbocycles. The second-order valence-corrected chi connectivity index (χ2v) is 4.29. The molecule has 0 radical (unpaired) electrons. The van der Waals surface area contributed by atoms with E-state index in [1.54, 1.807) is 7.05 Å². The van der Waals surface area contributed by atoms with Gasteiger partial charge in [0.2, 0.25) is 0 Å². The number of nitrogens with zero attached hydrogens (tertiary/aromatic N) is 2. The third-order valence-electron chi connectivity index (χ3n) is 2.47. The zero-order valence-corrected chi connectivity index (χ0v) is 11.1. The summed E-state index contributed by atoms with van der Waals surface area (Å²) in [7, 11) is 1.58. The molecule has 0 atom stereocenters. The average molecular weight is 297 g/mol. The standard InChI is InChI=1S/C12H10ClFN4O2/c1-15-11-5-8(18(19)20)6-12(17-11)16-10-4-7(13)2-3-9(10)14/h2-6H,1H3,(H2,15,16,17). The lowest BCUT2D eigenvalue weighted by Crippen LogP contribution is -2.01. The van der Waals surface area contributed by atoms with Gasteiger partial charge in [-0.2, -0.15) is 0 Å². The summed E-state index contributed by atoms with van der Waals surface area (Å²) in [5.74, 6) is -0.0948. The van der Waals surface area contributed by atoms with Crippen molar-refractivity contribution in [2.45, 2.75) is 0 Å². The summed E-state index contributed by atoms with van der Waals surface area (Å²) in [5.41, 5.74) is -0.0677. The molecule has 0 fully saturated rings. The molecule has 8 heteroatoms. The van der Waals surface area contributed by atoms with E-state index < -0.39 is 10.7 Å². The molecule has 0 aliphatic rings. The van der Waals surface area contributed by atoms with Crippen LogP contribution in [0.1, 0.15) is 0 Å². The quantitative estimate of drug-likeness (QED) is 0.666. The van der Waals surface area contributed by atoms with Crippen molar-refractivity contribution in [3.05, 3.63) is 51.3 Å². The van der Waals surface area contributed by atoms with Crippen molar-refractivity contribution in [3.8, 4) is 0 Å². The largest absolute Gasteiger partial charge is 0.373 e. The molecule has 0 amide bonds. The summed E-state index contributed by atoms with van der Waals surface area (Å²) in [4.78, 5) is 14.3. The van der Waals surface area contributed by atoms with Crippen LogP contribution in [0.3, 0.4) is 0 Å². The Bertz CT molecular complexity index is 666. The zero-order chi connectivity index (χ0) is 14.7. The number of anilines is 3. The summed E-state index contributed by atoms with van der Waals surface area (Å²) in [6.07, 6.45) is 0. The topological polar surface area (TPSA) is 80.1 Å². The number of rotatable bonds is 4. The van der Waals surface area contributed by atoms with Crippen LogP contribution in [-0.4, -0.2) is 17.0 Å². The van der Waals surface area contributed by atoms with Gasteiger partial charge in [-0.15, -0.1) is 0 Å². The van der Waals surface area contributed by atoms with Crippen LogP contribution in [0.15, 0.2) is 30.3 Å². The number of nitro groups is 1. The fourth-order valence-electron chi connectivity index (χ4n) is 1.54. The molecule has 0 aliphatic heterocycles. The Labute approximate surface area is 118 Å². The van der Waals surface area contributed by atoms with Crippen molar-refractivity contribution >= 4 is 34.6 Å². The lowest BCUT2D eigenvalue weighted by atomic mass is 10.3. The van der Waals surface area contributed by atoms with Gasteiger partial charge in [0.25, 0.3) is 5.69 Å². The van der Waals surface area contributed by atoms with Crippen LogP contribution in [0.2, 0.25) is 5.02 Å². The van der Waals surface area contributed by atoms with Gasteiger partial charge >= 0.3 is 0 Å². The predicted molar refractivity (Wildman–Crippen MR) is 75.1 cm³/mol. The van der Waals surface area contributed by atoms with Gasteiger partial charge < -0.3 is 10.6 Å². The molecule has 0 bridgehead atoms. The first kappa shape index (κ1) is 14.0. The molecule has 2 rings (SSSR count). The number of pyridine rings is 1. The number of halogens is 2. The Balaban J connectivity index is 2.39. The van der Waals surface area contributed by atoms with E-state index in [9.17, 15) is 14.5 Å². The van der Waals surface area contributed by atoms with Crippen LogP contribution in [0.5, 0.6) is 0 Å². The molecular weight excluding hydrogens is 287 g/mol. The predicted octanol–water partition coefficient (Wildman–Crippen LogP) is 3.57. The van der Waals surface area contributed by atoms with E-state index in [1.165, 1.54) is 30.3 Å². The molecule has 0 saturated carbocycles. The minimum Gasteiger partial charge on any atom is -0.373 e. The Morgan fingerprint density at radius 2 is 2.00 bits per heavy atom. The highest BCUT2D eigenvalue weighted by atomic mass is 35.5. The summed E-state index contributed by atoms with van der Waals surface area (Å²) < 4.78 is 13.6. The van der Waals surface area contributed by atoms with Gasteiger partial charge in [-0.25, -0.2) is 9.37 Å². The number of aromatic nitrogens is 1. The first-order valence-electron chi connectivity index (χ1n) is 5.56. The highest BCUT2D eigenvalue weighted by Gasteiger charge is 2.12. The minimum atomic E-state index is -0.554. The molecule has 104 valence electrons. The molecule has 20 heavy (non-hydrogen) atoms. The van der Waals surface area contributed by atoms with Crippen molar-refractivity contribution < 1.29 is 9.31 Å². The van der Waals surface area contributed by atoms with Crippen molar-refractivity contribution in [1.29, 1.82) is 0 Å². The summed E-state index contributed by atoms with van der Waals surface area (Å²) >= 11 is 5.78. The molecule has 1 heterocycles. The van der Waals surface area contributed by atoms with Crippen LogP contribution in [0.25, 0.3) is 0 Å². The van der Waals surface area contributed by atoms with Crippen LogP contribution >= 0.6 is 11.6 Å². The van der Waals surface area contributed by atoms with E-state index in [-0.39, 0.29) is 17.2 Å². The number of hydrogen-bond acceptors (Lipinski definition) is 5. The van der Waals surface area contributed by atoms with E-state index in [0.29, 0.717) is 10.8 Å². The van der Waals surface area contributed by atoms with Gasteiger partial charge in [-0.05, 0) is 18.2 Å². The Kier molecular flexibility index (Phi) is 3.99. The summed E-state index contributed by atoms with van der Waals surface area (Å²) in [6, 6.07) is 6.46. The fourth-order valence-corrected chi connectivity index (χ4v) is 1.72. The molecule has 6 nitrogen and oxygen atoms in total. The second kappa shape index (κ2) is 5.70. The van der Waals surface area contributed by atoms with Gasteiger partial charge in [-0.3, -0.25) is 10.1 Å². The Morgan fingerprint density at radius 3 is 2.65 bits per heavy atom. The first-order valence-corrected chi connectivity index (χ1v) is 5.93. The maximum absolute atomic E-state index is 13.6. The Morgan fingerprint density at radius 1 is 1.30 bits per heavy atom. The molecule has 2 aromatic rings. The fraction of sp³-hybridized carbons (Fsp3) is 0.0833. The third kappa shape index (κ3) is 3.12. The lowest BCUT2D eigenvalue weighted by molar-refractivity contribution is -0.384. The molecule has 0 spiro atoms. The van der Waals surface area contributed by atoms with Crippen LogP contribution in [-0.2, 0) is 0 Å². The highest BCUT2D eigenvalue weighted by Crippen LogP contribution is 2.26. The number of nitrogens with one attached hydrogen (secondary N) is 2. The monoisotopic (exact) mass is 296 g/mol. The van der Waals surface area contributed by atoms with Gasteiger partial charge in [0.05, 0.1) is 22.7 Å². The summed E-state index contributed by atoms with van der Waals surface area (Å²) in [6.45, 7) is 0. The van der Waals surface area contributed by atoms with Crippen molar-refractivity contribution in [1.82, 2.24) is 4.98 Å².